The number of carbonyl (C=O) groups is 1. The number of aliphatic hydroxyl groups excluding tert-OH is 1. The molecule has 2 N–H and O–H groups in total. The van der Waals surface area contributed by atoms with Crippen LogP contribution in [0.5, 0.6) is 0 Å². The van der Waals surface area contributed by atoms with Gasteiger partial charge in [0.2, 0.25) is 5.91 Å². The lowest BCUT2D eigenvalue weighted by molar-refractivity contribution is -0.117. The summed E-state index contributed by atoms with van der Waals surface area (Å²) in [6.45, 7) is 4.24. The van der Waals surface area contributed by atoms with Gasteiger partial charge in [-0.2, -0.15) is 0 Å². The van der Waals surface area contributed by atoms with E-state index in [1.165, 1.54) is 0 Å². The van der Waals surface area contributed by atoms with E-state index < -0.39 is 6.10 Å². The Kier molecular flexibility index (Phi) is 6.63. The fourth-order valence-corrected chi connectivity index (χ4v) is 3.29. The first-order chi connectivity index (χ1) is 12.6. The molecule has 1 heterocycles. The van der Waals surface area contributed by atoms with E-state index in [4.69, 9.17) is 11.6 Å². The number of hydrogen-bond acceptors (Lipinski definition) is 4. The number of rotatable bonds is 6. The van der Waals surface area contributed by atoms with Gasteiger partial charge in [0, 0.05) is 32.7 Å². The van der Waals surface area contributed by atoms with Gasteiger partial charge < -0.3 is 10.4 Å². The minimum Gasteiger partial charge on any atom is -0.387 e. The number of hydrogen-bond donors (Lipinski definition) is 2. The Labute approximate surface area is 159 Å². The molecular formula is C20H24ClN3O2. The predicted octanol–water partition coefficient (Wildman–Crippen LogP) is 2.63. The molecule has 2 aromatic carbocycles. The van der Waals surface area contributed by atoms with Crippen molar-refractivity contribution in [3.05, 3.63) is 65.2 Å². The van der Waals surface area contributed by atoms with Crippen LogP contribution in [-0.4, -0.2) is 60.1 Å². The van der Waals surface area contributed by atoms with Gasteiger partial charge in [-0.25, -0.2) is 0 Å². The van der Waals surface area contributed by atoms with E-state index in [2.05, 4.69) is 15.1 Å². The van der Waals surface area contributed by atoms with Crippen LogP contribution in [0.3, 0.4) is 0 Å². The molecule has 0 spiro atoms. The van der Waals surface area contributed by atoms with Crippen molar-refractivity contribution in [1.82, 2.24) is 9.80 Å². The highest BCUT2D eigenvalue weighted by atomic mass is 35.5. The summed E-state index contributed by atoms with van der Waals surface area (Å²) in [6, 6.07) is 16.9. The number of aliphatic hydroxyl groups is 1. The van der Waals surface area contributed by atoms with Crippen LogP contribution in [0.15, 0.2) is 54.6 Å². The maximum absolute atomic E-state index is 12.2. The van der Waals surface area contributed by atoms with Crippen LogP contribution in [0.1, 0.15) is 11.7 Å². The van der Waals surface area contributed by atoms with Crippen molar-refractivity contribution in [2.24, 2.45) is 0 Å². The largest absolute Gasteiger partial charge is 0.387 e. The van der Waals surface area contributed by atoms with E-state index in [9.17, 15) is 9.90 Å². The average Bonchev–Trinajstić information content (AvgIpc) is 2.66. The van der Waals surface area contributed by atoms with E-state index in [0.717, 1.165) is 31.7 Å². The Bertz CT molecular complexity index is 718. The summed E-state index contributed by atoms with van der Waals surface area (Å²) in [4.78, 5) is 16.6. The van der Waals surface area contributed by atoms with Gasteiger partial charge in [0.25, 0.3) is 0 Å². The second kappa shape index (κ2) is 9.14. The molecule has 26 heavy (non-hydrogen) atoms. The molecule has 1 saturated heterocycles. The summed E-state index contributed by atoms with van der Waals surface area (Å²) in [5.41, 5.74) is 1.58. The second-order valence-corrected chi connectivity index (χ2v) is 6.94. The van der Waals surface area contributed by atoms with Gasteiger partial charge >= 0.3 is 0 Å². The Morgan fingerprint density at radius 1 is 1.00 bits per heavy atom. The third-order valence-corrected chi connectivity index (χ3v) is 4.93. The molecule has 0 radical (unpaired) electrons. The van der Waals surface area contributed by atoms with Crippen molar-refractivity contribution in [3.63, 3.8) is 0 Å². The van der Waals surface area contributed by atoms with Crippen molar-refractivity contribution in [3.8, 4) is 0 Å². The van der Waals surface area contributed by atoms with Crippen molar-refractivity contribution in [2.75, 3.05) is 44.6 Å². The number of nitrogens with one attached hydrogen (secondary N) is 1. The molecule has 3 rings (SSSR count). The molecule has 1 atom stereocenters. The third kappa shape index (κ3) is 5.29. The summed E-state index contributed by atoms with van der Waals surface area (Å²) >= 11 is 6.07. The van der Waals surface area contributed by atoms with E-state index in [1.54, 1.807) is 12.1 Å². The Morgan fingerprint density at radius 3 is 2.31 bits per heavy atom. The normalized spacial score (nSPS) is 17.0. The monoisotopic (exact) mass is 373 g/mol. The SMILES string of the molecule is O=C(CN1CCN(CC(O)c2ccccc2)CC1)Nc1ccccc1Cl. The zero-order chi connectivity index (χ0) is 18.4. The van der Waals surface area contributed by atoms with Crippen LogP contribution in [0, 0.1) is 0 Å². The summed E-state index contributed by atoms with van der Waals surface area (Å²) in [5, 5.41) is 13.7. The zero-order valence-corrected chi connectivity index (χ0v) is 15.4. The van der Waals surface area contributed by atoms with Crippen LogP contribution in [0.2, 0.25) is 5.02 Å². The fraction of sp³-hybridized carbons (Fsp3) is 0.350. The van der Waals surface area contributed by atoms with E-state index >= 15 is 0 Å². The molecule has 138 valence electrons. The van der Waals surface area contributed by atoms with Crippen LogP contribution >= 0.6 is 11.6 Å². The summed E-state index contributed by atoms with van der Waals surface area (Å²) in [7, 11) is 0. The number of para-hydroxylation sites is 1. The highest BCUT2D eigenvalue weighted by Gasteiger charge is 2.21. The van der Waals surface area contributed by atoms with Gasteiger partial charge in [-0.3, -0.25) is 14.6 Å². The van der Waals surface area contributed by atoms with Crippen molar-refractivity contribution >= 4 is 23.2 Å². The molecule has 2 aromatic rings. The van der Waals surface area contributed by atoms with E-state index in [1.807, 2.05) is 42.5 Å². The predicted molar refractivity (Wildman–Crippen MR) is 104 cm³/mol. The molecule has 1 amide bonds. The molecule has 0 aromatic heterocycles. The molecule has 0 aliphatic carbocycles. The number of anilines is 1. The smallest absolute Gasteiger partial charge is 0.238 e. The van der Waals surface area contributed by atoms with Crippen molar-refractivity contribution < 1.29 is 9.90 Å². The van der Waals surface area contributed by atoms with Crippen molar-refractivity contribution in [1.29, 1.82) is 0 Å². The Morgan fingerprint density at radius 2 is 1.62 bits per heavy atom. The molecule has 6 heteroatoms. The number of halogens is 1. The second-order valence-electron chi connectivity index (χ2n) is 6.53. The zero-order valence-electron chi connectivity index (χ0n) is 14.6. The first-order valence-electron chi connectivity index (χ1n) is 8.84. The minimum absolute atomic E-state index is 0.0594. The quantitative estimate of drug-likeness (QED) is 0.817. The molecule has 5 nitrogen and oxygen atoms in total. The third-order valence-electron chi connectivity index (χ3n) is 4.60. The van der Waals surface area contributed by atoms with Gasteiger partial charge in [0.15, 0.2) is 0 Å². The van der Waals surface area contributed by atoms with Crippen LogP contribution < -0.4 is 5.32 Å². The summed E-state index contributed by atoms with van der Waals surface area (Å²) in [5.74, 6) is -0.0594. The number of piperazine rings is 1. The number of β-amino-alcohol motifs (C(OH)–C–C–N with tert-alkyl or cyclic N) is 1. The molecule has 1 aliphatic heterocycles. The Hall–Kier alpha value is -1.92. The standard InChI is InChI=1S/C20H24ClN3O2/c21-17-8-4-5-9-18(17)22-20(26)15-24-12-10-23(11-13-24)14-19(25)16-6-2-1-3-7-16/h1-9,19,25H,10-15H2,(H,22,26). The topological polar surface area (TPSA) is 55.8 Å². The van der Waals surface area contributed by atoms with Crippen LogP contribution in [-0.2, 0) is 4.79 Å². The minimum atomic E-state index is -0.480. The number of nitrogens with zero attached hydrogens (tertiary/aromatic N) is 2. The lowest BCUT2D eigenvalue weighted by Gasteiger charge is -2.35. The van der Waals surface area contributed by atoms with Crippen molar-refractivity contribution in [2.45, 2.75) is 6.10 Å². The lowest BCUT2D eigenvalue weighted by atomic mass is 10.1. The number of carbonyl (C=O) groups excluding carboxylic acids is 1. The van der Waals surface area contributed by atoms with Gasteiger partial charge in [-0.1, -0.05) is 54.1 Å². The van der Waals surface area contributed by atoms with Gasteiger partial charge in [-0.05, 0) is 17.7 Å². The molecular weight excluding hydrogens is 350 g/mol. The fourth-order valence-electron chi connectivity index (χ4n) is 3.11. The molecule has 0 bridgehead atoms. The highest BCUT2D eigenvalue weighted by Crippen LogP contribution is 2.20. The number of amides is 1. The lowest BCUT2D eigenvalue weighted by Crippen LogP contribution is -2.49. The maximum atomic E-state index is 12.2. The Balaban J connectivity index is 1.42. The van der Waals surface area contributed by atoms with Gasteiger partial charge in [-0.15, -0.1) is 0 Å². The van der Waals surface area contributed by atoms with E-state index in [0.29, 0.717) is 23.8 Å². The molecule has 1 unspecified atom stereocenters. The van der Waals surface area contributed by atoms with Crippen LogP contribution in [0.25, 0.3) is 0 Å². The molecule has 1 fully saturated rings. The van der Waals surface area contributed by atoms with Gasteiger partial charge in [0.05, 0.1) is 23.4 Å². The maximum Gasteiger partial charge on any atom is 0.238 e. The summed E-state index contributed by atoms with van der Waals surface area (Å²) < 4.78 is 0. The van der Waals surface area contributed by atoms with E-state index in [-0.39, 0.29) is 5.91 Å². The average molecular weight is 374 g/mol. The highest BCUT2D eigenvalue weighted by molar-refractivity contribution is 6.33. The van der Waals surface area contributed by atoms with Gasteiger partial charge in [0.1, 0.15) is 0 Å². The molecule has 1 aliphatic rings. The first-order valence-corrected chi connectivity index (χ1v) is 9.22. The molecule has 0 saturated carbocycles. The first kappa shape index (κ1) is 18.9. The number of benzene rings is 2. The summed E-state index contributed by atoms with van der Waals surface area (Å²) in [6.07, 6.45) is -0.480. The van der Waals surface area contributed by atoms with Crippen LogP contribution in [0.4, 0.5) is 5.69 Å².